The van der Waals surface area contributed by atoms with Crippen molar-refractivity contribution in [3.8, 4) is 0 Å². The molecule has 7 heteroatoms. The minimum atomic E-state index is -1.06. The van der Waals surface area contributed by atoms with Crippen LogP contribution in [0.25, 0.3) is 10.8 Å². The third-order valence-corrected chi connectivity index (χ3v) is 2.99. The van der Waals surface area contributed by atoms with Gasteiger partial charge < -0.3 is 10.4 Å². The first kappa shape index (κ1) is 14.1. The largest absolute Gasteiger partial charge is 0.478 e. The predicted octanol–water partition coefficient (Wildman–Crippen LogP) is 2.73. The van der Waals surface area contributed by atoms with Crippen LogP contribution in [0.1, 0.15) is 17.3 Å². The van der Waals surface area contributed by atoms with Crippen LogP contribution in [0, 0.1) is 0 Å². The van der Waals surface area contributed by atoms with Gasteiger partial charge in [-0.25, -0.2) is 14.6 Å². The van der Waals surface area contributed by atoms with E-state index in [1.54, 1.807) is 13.0 Å². The van der Waals surface area contributed by atoms with E-state index in [4.69, 9.17) is 16.7 Å². The number of carbonyl (C=O) groups excluding carboxylic acids is 1. The first-order valence-corrected chi connectivity index (χ1v) is 6.27. The normalized spacial score (nSPS) is 10.3. The Hall–Kier alpha value is -2.34. The molecule has 0 saturated heterocycles. The lowest BCUT2D eigenvalue weighted by Gasteiger charge is -2.08. The molecule has 0 aliphatic rings. The second-order valence-electron chi connectivity index (χ2n) is 4.00. The van der Waals surface area contributed by atoms with Crippen molar-refractivity contribution in [3.05, 3.63) is 35.0 Å². The molecular weight excluding hydrogens is 282 g/mol. The third-order valence-electron chi connectivity index (χ3n) is 2.66. The summed E-state index contributed by atoms with van der Waals surface area (Å²) in [5.41, 5.74) is 0.112. The van der Waals surface area contributed by atoms with E-state index in [9.17, 15) is 9.59 Å². The van der Waals surface area contributed by atoms with Crippen LogP contribution in [0.3, 0.4) is 0 Å². The standard InChI is InChI=1S/C13H12ClN3O3/c1-2-15-13(20)17-11-5-8-9(6-16-11)7(12(18)19)3-4-10(8)14/h3-6H,2H2,1H3,(H,18,19)(H2,15,16,17,20). The van der Waals surface area contributed by atoms with Crippen molar-refractivity contribution in [1.29, 1.82) is 0 Å². The van der Waals surface area contributed by atoms with E-state index in [2.05, 4.69) is 15.6 Å². The maximum Gasteiger partial charge on any atom is 0.336 e. The number of carbonyl (C=O) groups is 2. The molecule has 0 aliphatic heterocycles. The van der Waals surface area contributed by atoms with E-state index < -0.39 is 5.97 Å². The number of nitrogens with zero attached hydrogens (tertiary/aromatic N) is 1. The van der Waals surface area contributed by atoms with Gasteiger partial charge in [-0.2, -0.15) is 0 Å². The fraction of sp³-hybridized carbons (Fsp3) is 0.154. The van der Waals surface area contributed by atoms with Crippen LogP contribution >= 0.6 is 11.6 Å². The fourth-order valence-corrected chi connectivity index (χ4v) is 2.00. The molecule has 0 unspecified atom stereocenters. The summed E-state index contributed by atoms with van der Waals surface area (Å²) < 4.78 is 0. The molecule has 0 fully saturated rings. The number of pyridine rings is 1. The van der Waals surface area contributed by atoms with E-state index >= 15 is 0 Å². The van der Waals surface area contributed by atoms with Gasteiger partial charge in [0.1, 0.15) is 5.82 Å². The molecule has 2 aromatic rings. The summed E-state index contributed by atoms with van der Waals surface area (Å²) >= 11 is 6.05. The Morgan fingerprint density at radius 1 is 1.35 bits per heavy atom. The van der Waals surface area contributed by atoms with E-state index in [1.807, 2.05) is 0 Å². The molecule has 1 heterocycles. The van der Waals surface area contributed by atoms with Crippen LogP contribution < -0.4 is 10.6 Å². The van der Waals surface area contributed by atoms with E-state index in [0.717, 1.165) is 0 Å². The molecule has 2 amide bonds. The lowest BCUT2D eigenvalue weighted by molar-refractivity contribution is 0.0699. The number of carboxylic acid groups (broad SMARTS) is 1. The maximum atomic E-state index is 11.4. The van der Waals surface area contributed by atoms with Crippen molar-refractivity contribution < 1.29 is 14.7 Å². The summed E-state index contributed by atoms with van der Waals surface area (Å²) in [5.74, 6) is -0.759. The number of rotatable bonds is 3. The molecule has 0 radical (unpaired) electrons. The van der Waals surface area contributed by atoms with Crippen LogP contribution in [0.15, 0.2) is 24.4 Å². The molecule has 0 aliphatic carbocycles. The summed E-state index contributed by atoms with van der Waals surface area (Å²) in [7, 11) is 0. The first-order chi connectivity index (χ1) is 9.52. The number of halogens is 1. The highest BCUT2D eigenvalue weighted by atomic mass is 35.5. The zero-order valence-corrected chi connectivity index (χ0v) is 11.4. The second kappa shape index (κ2) is 5.75. The van der Waals surface area contributed by atoms with Gasteiger partial charge in [0.15, 0.2) is 0 Å². The number of nitrogens with one attached hydrogen (secondary N) is 2. The van der Waals surface area contributed by atoms with Gasteiger partial charge in [0.05, 0.1) is 5.56 Å². The lowest BCUT2D eigenvalue weighted by atomic mass is 10.1. The van der Waals surface area contributed by atoms with Crippen molar-refractivity contribution in [3.63, 3.8) is 0 Å². The molecule has 0 spiro atoms. The predicted molar refractivity (Wildman–Crippen MR) is 76.4 cm³/mol. The number of aromatic nitrogens is 1. The van der Waals surface area contributed by atoms with Gasteiger partial charge >= 0.3 is 12.0 Å². The number of benzene rings is 1. The molecule has 3 N–H and O–H groups in total. The van der Waals surface area contributed by atoms with Crippen LogP contribution in [-0.4, -0.2) is 28.6 Å². The molecule has 1 aromatic carbocycles. The Balaban J connectivity index is 2.46. The molecule has 2 rings (SSSR count). The fourth-order valence-electron chi connectivity index (χ4n) is 1.78. The summed E-state index contributed by atoms with van der Waals surface area (Å²) in [4.78, 5) is 26.6. The molecule has 104 valence electrons. The average Bonchev–Trinajstić information content (AvgIpc) is 2.39. The summed E-state index contributed by atoms with van der Waals surface area (Å²) in [6.45, 7) is 2.28. The van der Waals surface area contributed by atoms with Gasteiger partial charge in [-0.15, -0.1) is 0 Å². The summed E-state index contributed by atoms with van der Waals surface area (Å²) in [6, 6.07) is 4.08. The Morgan fingerprint density at radius 3 is 2.75 bits per heavy atom. The van der Waals surface area contributed by atoms with Gasteiger partial charge in [0, 0.05) is 28.5 Å². The van der Waals surface area contributed by atoms with Gasteiger partial charge in [0.25, 0.3) is 0 Å². The van der Waals surface area contributed by atoms with E-state index in [1.165, 1.54) is 18.3 Å². The average molecular weight is 294 g/mol. The SMILES string of the molecule is CCNC(=O)Nc1cc2c(Cl)ccc(C(=O)O)c2cn1. The summed E-state index contributed by atoms with van der Waals surface area (Å²) in [5, 5.41) is 15.6. The molecule has 0 atom stereocenters. The lowest BCUT2D eigenvalue weighted by Crippen LogP contribution is -2.28. The second-order valence-corrected chi connectivity index (χ2v) is 4.41. The number of urea groups is 1. The minimum absolute atomic E-state index is 0.112. The maximum absolute atomic E-state index is 11.4. The number of aromatic carboxylic acids is 1. The highest BCUT2D eigenvalue weighted by molar-refractivity contribution is 6.36. The van der Waals surface area contributed by atoms with Gasteiger partial charge in [-0.05, 0) is 25.1 Å². The molecule has 1 aromatic heterocycles. The van der Waals surface area contributed by atoms with Crippen LogP contribution in [0.4, 0.5) is 10.6 Å². The first-order valence-electron chi connectivity index (χ1n) is 5.89. The van der Waals surface area contributed by atoms with Gasteiger partial charge in [-0.3, -0.25) is 5.32 Å². The van der Waals surface area contributed by atoms with Crippen molar-refractivity contribution in [2.75, 3.05) is 11.9 Å². The van der Waals surface area contributed by atoms with Crippen molar-refractivity contribution >= 4 is 40.2 Å². The zero-order valence-electron chi connectivity index (χ0n) is 10.6. The van der Waals surface area contributed by atoms with Crippen molar-refractivity contribution in [1.82, 2.24) is 10.3 Å². The van der Waals surface area contributed by atoms with Crippen LogP contribution in [0.2, 0.25) is 5.02 Å². The topological polar surface area (TPSA) is 91.3 Å². The molecule has 0 saturated carbocycles. The highest BCUT2D eigenvalue weighted by Crippen LogP contribution is 2.28. The molecule has 6 nitrogen and oxygen atoms in total. The van der Waals surface area contributed by atoms with Crippen molar-refractivity contribution in [2.24, 2.45) is 0 Å². The molecular formula is C13H12ClN3O3. The Morgan fingerprint density at radius 2 is 2.10 bits per heavy atom. The van der Waals surface area contributed by atoms with Crippen molar-refractivity contribution in [2.45, 2.75) is 6.92 Å². The Kier molecular flexibility index (Phi) is 4.05. The highest BCUT2D eigenvalue weighted by Gasteiger charge is 2.12. The monoisotopic (exact) mass is 293 g/mol. The minimum Gasteiger partial charge on any atom is -0.478 e. The molecule has 0 bridgehead atoms. The number of hydrogen-bond acceptors (Lipinski definition) is 3. The van der Waals surface area contributed by atoms with Gasteiger partial charge in [0.2, 0.25) is 0 Å². The molecule has 20 heavy (non-hydrogen) atoms. The van der Waals surface area contributed by atoms with E-state index in [-0.39, 0.29) is 11.6 Å². The van der Waals surface area contributed by atoms with Crippen LogP contribution in [0.5, 0.6) is 0 Å². The summed E-state index contributed by atoms with van der Waals surface area (Å²) in [6.07, 6.45) is 1.38. The number of amides is 2. The Labute approximate surface area is 119 Å². The number of hydrogen-bond donors (Lipinski definition) is 3. The third kappa shape index (κ3) is 2.80. The number of anilines is 1. The van der Waals surface area contributed by atoms with Gasteiger partial charge in [-0.1, -0.05) is 11.6 Å². The van der Waals surface area contributed by atoms with E-state index in [0.29, 0.717) is 28.2 Å². The smallest absolute Gasteiger partial charge is 0.336 e. The van der Waals surface area contributed by atoms with Crippen LogP contribution in [-0.2, 0) is 0 Å². The number of fused-ring (bicyclic) bond motifs is 1. The Bertz CT molecular complexity index is 688. The number of carboxylic acids is 1. The zero-order chi connectivity index (χ0) is 14.7. The quantitative estimate of drug-likeness (QED) is 0.811.